The maximum Gasteiger partial charge on any atom is 0.350 e. The number of nitrogens with zero attached hydrogens (tertiary/aromatic N) is 6. The SMILES string of the molecule is CCn1ccc(CN(C)C(=O)Cn2cc([N+](=O)[O-])c(OC)n2)n1. The van der Waals surface area contributed by atoms with Crippen LogP contribution in [0.1, 0.15) is 12.6 Å². The van der Waals surface area contributed by atoms with Crippen LogP contribution in [0.25, 0.3) is 0 Å². The van der Waals surface area contributed by atoms with Crippen LogP contribution in [0.2, 0.25) is 0 Å². The molecule has 124 valence electrons. The number of nitro groups is 1. The second-order valence-corrected chi connectivity index (χ2v) is 4.89. The molecule has 1 amide bonds. The van der Waals surface area contributed by atoms with Crippen LogP contribution < -0.4 is 4.74 Å². The highest BCUT2D eigenvalue weighted by Gasteiger charge is 2.22. The van der Waals surface area contributed by atoms with Crippen molar-refractivity contribution in [2.24, 2.45) is 0 Å². The van der Waals surface area contributed by atoms with Crippen molar-refractivity contribution >= 4 is 11.6 Å². The summed E-state index contributed by atoms with van der Waals surface area (Å²) in [6, 6.07) is 1.84. The molecule has 0 fully saturated rings. The average Bonchev–Trinajstić information content (AvgIpc) is 3.13. The Morgan fingerprint density at radius 2 is 2.17 bits per heavy atom. The zero-order chi connectivity index (χ0) is 17.0. The van der Waals surface area contributed by atoms with E-state index >= 15 is 0 Å². The lowest BCUT2D eigenvalue weighted by atomic mass is 10.4. The van der Waals surface area contributed by atoms with Crippen LogP contribution in [0.5, 0.6) is 5.88 Å². The molecule has 0 N–H and O–H groups in total. The number of hydrogen-bond donors (Lipinski definition) is 0. The Hall–Kier alpha value is -2.91. The van der Waals surface area contributed by atoms with Crippen molar-refractivity contribution in [3.8, 4) is 5.88 Å². The van der Waals surface area contributed by atoms with Crippen molar-refractivity contribution in [2.45, 2.75) is 26.6 Å². The Kier molecular flexibility index (Phi) is 4.94. The highest BCUT2D eigenvalue weighted by atomic mass is 16.6. The van der Waals surface area contributed by atoms with E-state index in [1.54, 1.807) is 11.7 Å². The topological polar surface area (TPSA) is 108 Å². The van der Waals surface area contributed by atoms with Crippen molar-refractivity contribution in [2.75, 3.05) is 14.2 Å². The standard InChI is InChI=1S/C13H18N6O4/c1-4-17-6-5-10(14-17)7-16(2)12(20)9-18-8-11(19(21)22)13(15-18)23-3/h5-6,8H,4,7,9H2,1-3H3. The van der Waals surface area contributed by atoms with E-state index in [1.807, 2.05) is 19.2 Å². The zero-order valence-corrected chi connectivity index (χ0v) is 13.2. The largest absolute Gasteiger partial charge is 0.475 e. The molecule has 0 aliphatic carbocycles. The van der Waals surface area contributed by atoms with Gasteiger partial charge in [-0.15, -0.1) is 5.10 Å². The van der Waals surface area contributed by atoms with Gasteiger partial charge in [-0.1, -0.05) is 0 Å². The summed E-state index contributed by atoms with van der Waals surface area (Å²) < 4.78 is 7.80. The fourth-order valence-corrected chi connectivity index (χ4v) is 2.00. The molecule has 2 rings (SSSR count). The highest BCUT2D eigenvalue weighted by molar-refractivity contribution is 5.75. The first-order valence-electron chi connectivity index (χ1n) is 6.96. The number of methoxy groups -OCH3 is 1. The fraction of sp³-hybridized carbons (Fsp3) is 0.462. The molecule has 2 heterocycles. The van der Waals surface area contributed by atoms with Gasteiger partial charge in [-0.2, -0.15) is 5.10 Å². The van der Waals surface area contributed by atoms with Crippen molar-refractivity contribution in [3.05, 3.63) is 34.3 Å². The number of ether oxygens (including phenoxy) is 1. The van der Waals surface area contributed by atoms with Gasteiger partial charge in [0.2, 0.25) is 5.91 Å². The summed E-state index contributed by atoms with van der Waals surface area (Å²) in [6.07, 6.45) is 3.02. The summed E-state index contributed by atoms with van der Waals surface area (Å²) in [5.74, 6) is -0.358. The number of rotatable bonds is 7. The minimum absolute atomic E-state index is 0.116. The number of aryl methyl sites for hydroxylation is 1. The molecule has 23 heavy (non-hydrogen) atoms. The van der Waals surface area contributed by atoms with Crippen LogP contribution in [-0.4, -0.2) is 49.4 Å². The van der Waals surface area contributed by atoms with Gasteiger partial charge in [0.25, 0.3) is 0 Å². The van der Waals surface area contributed by atoms with Crippen LogP contribution in [0.3, 0.4) is 0 Å². The van der Waals surface area contributed by atoms with E-state index in [2.05, 4.69) is 10.2 Å². The molecule has 0 spiro atoms. The van der Waals surface area contributed by atoms with E-state index in [0.29, 0.717) is 6.54 Å². The van der Waals surface area contributed by atoms with Crippen molar-refractivity contribution in [3.63, 3.8) is 0 Å². The normalized spacial score (nSPS) is 10.6. The van der Waals surface area contributed by atoms with Gasteiger partial charge in [-0.3, -0.25) is 24.3 Å². The van der Waals surface area contributed by atoms with E-state index in [0.717, 1.165) is 12.2 Å². The van der Waals surface area contributed by atoms with E-state index in [9.17, 15) is 14.9 Å². The molecular weight excluding hydrogens is 304 g/mol. The highest BCUT2D eigenvalue weighted by Crippen LogP contribution is 2.23. The van der Waals surface area contributed by atoms with Crippen LogP contribution in [0.15, 0.2) is 18.5 Å². The number of hydrogen-bond acceptors (Lipinski definition) is 6. The molecule has 0 saturated heterocycles. The predicted octanol–water partition coefficient (Wildman–Crippen LogP) is 0.675. The monoisotopic (exact) mass is 322 g/mol. The lowest BCUT2D eigenvalue weighted by molar-refractivity contribution is -0.385. The van der Waals surface area contributed by atoms with Crippen LogP contribution in [0.4, 0.5) is 5.69 Å². The maximum atomic E-state index is 12.2. The molecule has 0 aromatic carbocycles. The summed E-state index contributed by atoms with van der Waals surface area (Å²) in [5, 5.41) is 19.0. The van der Waals surface area contributed by atoms with E-state index in [4.69, 9.17) is 4.74 Å². The van der Waals surface area contributed by atoms with E-state index < -0.39 is 4.92 Å². The lowest BCUT2D eigenvalue weighted by Crippen LogP contribution is -2.30. The molecule has 0 bridgehead atoms. The molecule has 0 radical (unpaired) electrons. The molecule has 10 nitrogen and oxygen atoms in total. The van der Waals surface area contributed by atoms with Gasteiger partial charge >= 0.3 is 11.6 Å². The van der Waals surface area contributed by atoms with Gasteiger partial charge in [0.1, 0.15) is 12.7 Å². The molecule has 10 heteroatoms. The quantitative estimate of drug-likeness (QED) is 0.547. The zero-order valence-electron chi connectivity index (χ0n) is 13.2. The van der Waals surface area contributed by atoms with Crippen LogP contribution in [0, 0.1) is 10.1 Å². The molecule has 2 aromatic rings. The van der Waals surface area contributed by atoms with Gasteiger partial charge in [-0.05, 0) is 13.0 Å². The first kappa shape index (κ1) is 16.5. The van der Waals surface area contributed by atoms with Crippen molar-refractivity contribution in [1.29, 1.82) is 0 Å². The van der Waals surface area contributed by atoms with Crippen LogP contribution in [-0.2, 0) is 24.4 Å². The minimum Gasteiger partial charge on any atom is -0.475 e. The lowest BCUT2D eigenvalue weighted by Gasteiger charge is -2.15. The second-order valence-electron chi connectivity index (χ2n) is 4.89. The Balaban J connectivity index is 2.01. The number of carbonyl (C=O) groups excluding carboxylic acids is 1. The fourth-order valence-electron chi connectivity index (χ4n) is 2.00. The van der Waals surface area contributed by atoms with Gasteiger partial charge in [-0.25, -0.2) is 0 Å². The smallest absolute Gasteiger partial charge is 0.350 e. The molecule has 0 aliphatic rings. The predicted molar refractivity (Wildman–Crippen MR) is 79.8 cm³/mol. The van der Waals surface area contributed by atoms with Gasteiger partial charge in [0.15, 0.2) is 0 Å². The third-order valence-corrected chi connectivity index (χ3v) is 3.24. The Morgan fingerprint density at radius 3 is 2.70 bits per heavy atom. The molecule has 2 aromatic heterocycles. The summed E-state index contributed by atoms with van der Waals surface area (Å²) in [5.41, 5.74) is 0.497. The Morgan fingerprint density at radius 1 is 1.43 bits per heavy atom. The van der Waals surface area contributed by atoms with Gasteiger partial charge < -0.3 is 9.64 Å². The molecule has 0 unspecified atom stereocenters. The third-order valence-electron chi connectivity index (χ3n) is 3.24. The van der Waals surface area contributed by atoms with E-state index in [1.165, 1.54) is 22.9 Å². The number of carbonyl (C=O) groups is 1. The third kappa shape index (κ3) is 3.84. The molecule has 0 saturated carbocycles. The van der Waals surface area contributed by atoms with Gasteiger partial charge in [0.05, 0.1) is 24.3 Å². The van der Waals surface area contributed by atoms with Crippen molar-refractivity contribution in [1.82, 2.24) is 24.5 Å². The first-order valence-corrected chi connectivity index (χ1v) is 6.96. The second kappa shape index (κ2) is 6.90. The summed E-state index contributed by atoms with van der Waals surface area (Å²) in [7, 11) is 2.93. The molecule has 0 atom stereocenters. The maximum absolute atomic E-state index is 12.2. The van der Waals surface area contributed by atoms with Gasteiger partial charge in [0, 0.05) is 19.8 Å². The average molecular weight is 322 g/mol. The Labute approximate surface area is 132 Å². The van der Waals surface area contributed by atoms with Crippen molar-refractivity contribution < 1.29 is 14.5 Å². The van der Waals surface area contributed by atoms with E-state index in [-0.39, 0.29) is 24.0 Å². The summed E-state index contributed by atoms with van der Waals surface area (Å²) in [6.45, 7) is 2.97. The Bertz CT molecular complexity index is 707. The number of amides is 1. The summed E-state index contributed by atoms with van der Waals surface area (Å²) in [4.78, 5) is 23.9. The molecule has 0 aliphatic heterocycles. The number of aromatic nitrogens is 4. The van der Waals surface area contributed by atoms with Crippen LogP contribution >= 0.6 is 0 Å². The first-order chi connectivity index (χ1) is 10.9. The number of likely N-dealkylation sites (N-methyl/N-ethyl adjacent to an activating group) is 1. The summed E-state index contributed by atoms with van der Waals surface area (Å²) >= 11 is 0. The minimum atomic E-state index is -0.603. The molecular formula is C13H18N6O4.